The molecule has 3 heterocycles. The highest BCUT2D eigenvalue weighted by Crippen LogP contribution is 2.35. The second-order valence-electron chi connectivity index (χ2n) is 8.66. The molecule has 0 aliphatic heterocycles. The molecule has 0 spiro atoms. The Morgan fingerprint density at radius 1 is 1.21 bits per heavy atom. The second kappa shape index (κ2) is 11.9. The lowest BCUT2D eigenvalue weighted by Crippen LogP contribution is -2.21. The van der Waals surface area contributed by atoms with Crippen LogP contribution in [0.1, 0.15) is 35.0 Å². The number of nitrogens with one attached hydrogen (secondary N) is 3. The van der Waals surface area contributed by atoms with E-state index < -0.39 is 6.09 Å². The molecular formula is C25H27N9O4S. The minimum Gasteiger partial charge on any atom is -0.484 e. The van der Waals surface area contributed by atoms with Crippen LogP contribution in [0.2, 0.25) is 0 Å². The highest BCUT2D eigenvalue weighted by molar-refractivity contribution is 8.00. The lowest BCUT2D eigenvalue weighted by molar-refractivity contribution is 0.170. The van der Waals surface area contributed by atoms with Gasteiger partial charge < -0.3 is 24.0 Å². The van der Waals surface area contributed by atoms with Crippen molar-refractivity contribution < 1.29 is 18.8 Å². The van der Waals surface area contributed by atoms with Crippen molar-refractivity contribution in [3.05, 3.63) is 70.8 Å². The van der Waals surface area contributed by atoms with Crippen LogP contribution in [0.15, 0.2) is 52.1 Å². The molecule has 0 bridgehead atoms. The molecule has 202 valence electrons. The number of H-pyrrole nitrogens is 1. The zero-order valence-electron chi connectivity index (χ0n) is 21.6. The Morgan fingerprint density at radius 2 is 2.10 bits per heavy atom. The topological polar surface area (TPSA) is 158 Å². The van der Waals surface area contributed by atoms with Gasteiger partial charge in [0.1, 0.15) is 5.75 Å². The molecular weight excluding hydrogens is 522 g/mol. The highest BCUT2D eigenvalue weighted by atomic mass is 32.2. The molecule has 2 aromatic carbocycles. The van der Waals surface area contributed by atoms with E-state index in [1.165, 1.54) is 24.6 Å². The van der Waals surface area contributed by atoms with E-state index in [-0.39, 0.29) is 6.61 Å². The average molecular weight is 550 g/mol. The molecule has 0 fully saturated rings. The van der Waals surface area contributed by atoms with Crippen LogP contribution in [-0.2, 0) is 30.9 Å². The average Bonchev–Trinajstić information content (AvgIpc) is 3.71. The fraction of sp³-hybridized carbons (Fsp3) is 0.280. The predicted octanol–water partition coefficient (Wildman–Crippen LogP) is 4.01. The van der Waals surface area contributed by atoms with Gasteiger partial charge in [0.25, 0.3) is 0 Å². The van der Waals surface area contributed by atoms with Crippen molar-refractivity contribution in [2.24, 2.45) is 0 Å². The standard InChI is InChI=1S/C25H27N9O4S/c1-4-16-5-6-19(37-14-22-28-32-33-29-22)21(9-16)39-31-24-23-15(2)7-17(8-20(23)38-30-24)12-34-13-18(11-27-34)10-26-25(35)36-3/h5-9,11,13H,4,10,12,14H2,1-3H3,(H,26,35)(H,30,31)(H,28,29,32,33). The number of carbonyl (C=O) groups is 1. The number of alkyl carbamates (subject to hydrolysis) is 1. The number of hydrogen-bond donors (Lipinski definition) is 3. The summed E-state index contributed by atoms with van der Waals surface area (Å²) in [5.41, 5.74) is 4.75. The Hall–Kier alpha value is -4.59. The number of ether oxygens (including phenoxy) is 2. The summed E-state index contributed by atoms with van der Waals surface area (Å²) in [4.78, 5) is 12.2. The van der Waals surface area contributed by atoms with Gasteiger partial charge in [0.2, 0.25) is 5.82 Å². The Morgan fingerprint density at radius 3 is 2.90 bits per heavy atom. The number of aromatic nitrogens is 7. The number of aryl methyl sites for hydroxylation is 2. The van der Waals surface area contributed by atoms with Crippen LogP contribution in [0.5, 0.6) is 5.75 Å². The maximum Gasteiger partial charge on any atom is 0.407 e. The SMILES string of the molecule is CCc1ccc(OCc2nn[nH]n2)c(SNc2noc3cc(Cn4cc(CNC(=O)OC)cn4)cc(C)c23)c1. The van der Waals surface area contributed by atoms with Gasteiger partial charge in [-0.2, -0.15) is 10.3 Å². The maximum atomic E-state index is 11.3. The minimum atomic E-state index is -0.484. The molecule has 0 saturated heterocycles. The predicted molar refractivity (Wildman–Crippen MR) is 143 cm³/mol. The zero-order valence-corrected chi connectivity index (χ0v) is 22.4. The van der Waals surface area contributed by atoms with Gasteiger partial charge in [0.05, 0.1) is 30.1 Å². The van der Waals surface area contributed by atoms with Gasteiger partial charge in [0, 0.05) is 18.3 Å². The van der Waals surface area contributed by atoms with Crippen molar-refractivity contribution in [3.63, 3.8) is 0 Å². The smallest absolute Gasteiger partial charge is 0.407 e. The lowest BCUT2D eigenvalue weighted by Gasteiger charge is -2.12. The molecule has 3 N–H and O–H groups in total. The summed E-state index contributed by atoms with van der Waals surface area (Å²) in [5.74, 6) is 1.79. The molecule has 1 amide bonds. The molecule has 5 aromatic rings. The summed E-state index contributed by atoms with van der Waals surface area (Å²) >= 11 is 1.40. The van der Waals surface area contributed by atoms with Gasteiger partial charge >= 0.3 is 6.09 Å². The van der Waals surface area contributed by atoms with Gasteiger partial charge in [-0.1, -0.05) is 29.4 Å². The third-order valence-corrected chi connectivity index (χ3v) is 6.74. The quantitative estimate of drug-likeness (QED) is 0.204. The molecule has 13 nitrogen and oxygen atoms in total. The molecule has 5 rings (SSSR count). The summed E-state index contributed by atoms with van der Waals surface area (Å²) in [5, 5.41) is 26.1. The summed E-state index contributed by atoms with van der Waals surface area (Å²) < 4.78 is 21.4. The number of methoxy groups -OCH3 is 1. The first-order valence-electron chi connectivity index (χ1n) is 12.1. The molecule has 0 aliphatic rings. The van der Waals surface area contributed by atoms with E-state index >= 15 is 0 Å². The van der Waals surface area contributed by atoms with Crippen LogP contribution in [0.3, 0.4) is 0 Å². The van der Waals surface area contributed by atoms with E-state index in [9.17, 15) is 4.79 Å². The highest BCUT2D eigenvalue weighted by Gasteiger charge is 2.15. The molecule has 14 heteroatoms. The summed E-state index contributed by atoms with van der Waals surface area (Å²) in [6.45, 7) is 5.20. The third-order valence-electron chi connectivity index (χ3n) is 5.90. The molecule has 0 unspecified atom stereocenters. The Bertz CT molecular complexity index is 1570. The van der Waals surface area contributed by atoms with Crippen LogP contribution in [-0.4, -0.2) is 48.8 Å². The van der Waals surface area contributed by atoms with Gasteiger partial charge in [-0.05, 0) is 60.2 Å². The van der Waals surface area contributed by atoms with Crippen molar-refractivity contribution in [1.82, 2.24) is 40.9 Å². The fourth-order valence-corrected chi connectivity index (χ4v) is 4.77. The normalized spacial score (nSPS) is 11.1. The molecule has 39 heavy (non-hydrogen) atoms. The van der Waals surface area contributed by atoms with Crippen molar-refractivity contribution >= 4 is 34.8 Å². The monoisotopic (exact) mass is 549 g/mol. The molecule has 0 aliphatic carbocycles. The number of nitrogens with zero attached hydrogens (tertiary/aromatic N) is 6. The van der Waals surface area contributed by atoms with Crippen molar-refractivity contribution in [3.8, 4) is 5.75 Å². The number of anilines is 1. The van der Waals surface area contributed by atoms with Gasteiger partial charge in [0.15, 0.2) is 18.0 Å². The second-order valence-corrected chi connectivity index (χ2v) is 9.51. The van der Waals surface area contributed by atoms with Crippen LogP contribution in [0.25, 0.3) is 11.0 Å². The van der Waals surface area contributed by atoms with Gasteiger partial charge in [-0.15, -0.1) is 10.2 Å². The Labute approximate surface area is 227 Å². The largest absolute Gasteiger partial charge is 0.484 e. The first-order chi connectivity index (χ1) is 19.0. The molecule has 0 saturated carbocycles. The van der Waals surface area contributed by atoms with E-state index in [0.29, 0.717) is 36.1 Å². The van der Waals surface area contributed by atoms with Crippen LogP contribution >= 0.6 is 11.9 Å². The lowest BCUT2D eigenvalue weighted by atomic mass is 10.1. The van der Waals surface area contributed by atoms with E-state index in [4.69, 9.17) is 9.26 Å². The number of tetrazole rings is 1. The Kier molecular flexibility index (Phi) is 7.91. The van der Waals surface area contributed by atoms with Crippen LogP contribution in [0, 0.1) is 6.92 Å². The summed E-state index contributed by atoms with van der Waals surface area (Å²) in [6.07, 6.45) is 4.00. The first-order valence-corrected chi connectivity index (χ1v) is 13.0. The maximum absolute atomic E-state index is 11.3. The molecule has 0 atom stereocenters. The first kappa shape index (κ1) is 26.0. The number of rotatable bonds is 11. The Balaban J connectivity index is 1.28. The number of hydrogen-bond acceptors (Lipinski definition) is 11. The van der Waals surface area contributed by atoms with Crippen LogP contribution in [0.4, 0.5) is 10.6 Å². The number of aromatic amines is 1. The number of fused-ring (bicyclic) bond motifs is 1. The van der Waals surface area contributed by atoms with Crippen molar-refractivity contribution in [2.75, 3.05) is 11.8 Å². The van der Waals surface area contributed by atoms with Crippen molar-refractivity contribution in [2.45, 2.75) is 44.9 Å². The van der Waals surface area contributed by atoms with E-state index in [2.05, 4.69) is 64.7 Å². The minimum absolute atomic E-state index is 0.198. The van der Waals surface area contributed by atoms with Gasteiger partial charge in [-0.3, -0.25) is 4.68 Å². The zero-order chi connectivity index (χ0) is 27.2. The van der Waals surface area contributed by atoms with Crippen LogP contribution < -0.4 is 14.8 Å². The number of amides is 1. The fourth-order valence-electron chi connectivity index (χ4n) is 3.98. The molecule has 0 radical (unpaired) electrons. The number of benzene rings is 2. The summed E-state index contributed by atoms with van der Waals surface area (Å²) in [6, 6.07) is 10.1. The van der Waals surface area contributed by atoms with E-state index in [1.807, 2.05) is 31.3 Å². The van der Waals surface area contributed by atoms with Gasteiger partial charge in [-0.25, -0.2) is 4.79 Å². The summed E-state index contributed by atoms with van der Waals surface area (Å²) in [7, 11) is 1.33. The van der Waals surface area contributed by atoms with E-state index in [0.717, 1.165) is 33.4 Å². The number of carbonyl (C=O) groups excluding carboxylic acids is 1. The van der Waals surface area contributed by atoms with Crippen molar-refractivity contribution in [1.29, 1.82) is 0 Å². The third kappa shape index (κ3) is 6.29. The van der Waals surface area contributed by atoms with E-state index in [1.54, 1.807) is 10.9 Å². The molecule has 3 aromatic heterocycles.